The molecule has 0 spiro atoms. The first kappa shape index (κ1) is 20.8. The summed E-state index contributed by atoms with van der Waals surface area (Å²) in [5.41, 5.74) is 1.11. The number of thiazole rings is 1. The summed E-state index contributed by atoms with van der Waals surface area (Å²) in [5.74, 6) is 1.83. The van der Waals surface area contributed by atoms with E-state index in [0.29, 0.717) is 0 Å². The number of nitrogens with one attached hydrogen (secondary N) is 2. The first-order valence-electron chi connectivity index (χ1n) is 7.95. The Kier molecular flexibility index (Phi) is 9.84. The summed E-state index contributed by atoms with van der Waals surface area (Å²) in [6.45, 7) is 6.61. The fourth-order valence-electron chi connectivity index (χ4n) is 2.22. The molecule has 0 radical (unpaired) electrons. The monoisotopic (exact) mass is 463 g/mol. The van der Waals surface area contributed by atoms with Gasteiger partial charge in [0.1, 0.15) is 12.2 Å². The molecule has 0 aliphatic carbocycles. The van der Waals surface area contributed by atoms with Crippen LogP contribution in [0.2, 0.25) is 0 Å². The van der Waals surface area contributed by atoms with Crippen molar-refractivity contribution >= 4 is 41.3 Å². The lowest BCUT2D eigenvalue weighted by atomic mass is 10.3. The van der Waals surface area contributed by atoms with Gasteiger partial charge in [-0.3, -0.25) is 4.99 Å². The lowest BCUT2D eigenvalue weighted by Crippen LogP contribution is -2.39. The van der Waals surface area contributed by atoms with Crippen molar-refractivity contribution in [3.63, 3.8) is 0 Å². The van der Waals surface area contributed by atoms with Crippen LogP contribution in [0.15, 0.2) is 16.7 Å². The molecule has 0 aromatic carbocycles. The second-order valence-corrected chi connectivity index (χ2v) is 6.15. The minimum atomic E-state index is 0. The first-order chi connectivity index (χ1) is 11.2. The molecule has 0 saturated carbocycles. The fraction of sp³-hybridized carbons (Fsp3) is 0.600. The van der Waals surface area contributed by atoms with Gasteiger partial charge < -0.3 is 15.2 Å². The molecule has 0 bridgehead atoms. The SMILES string of the molecule is CCc1nncn1CCNC(=NC)NCCCc1nc(C)cs1.I. The molecule has 0 saturated heterocycles. The van der Waals surface area contributed by atoms with E-state index in [0.717, 1.165) is 56.4 Å². The van der Waals surface area contributed by atoms with Crippen LogP contribution in [0.5, 0.6) is 0 Å². The number of halogens is 1. The Morgan fingerprint density at radius 2 is 2.12 bits per heavy atom. The van der Waals surface area contributed by atoms with Crippen LogP contribution in [0.4, 0.5) is 0 Å². The molecule has 2 rings (SSSR count). The Hall–Kier alpha value is -1.23. The van der Waals surface area contributed by atoms with E-state index < -0.39 is 0 Å². The van der Waals surface area contributed by atoms with Gasteiger partial charge >= 0.3 is 0 Å². The molecule has 9 heteroatoms. The quantitative estimate of drug-likeness (QED) is 0.271. The topological polar surface area (TPSA) is 80.0 Å². The summed E-state index contributed by atoms with van der Waals surface area (Å²) in [7, 11) is 1.79. The molecule has 0 amide bonds. The number of nitrogens with zero attached hydrogens (tertiary/aromatic N) is 5. The van der Waals surface area contributed by atoms with Gasteiger partial charge in [0.15, 0.2) is 5.96 Å². The van der Waals surface area contributed by atoms with Crippen LogP contribution in [0.3, 0.4) is 0 Å². The van der Waals surface area contributed by atoms with Gasteiger partial charge in [0, 0.05) is 50.6 Å². The molecule has 24 heavy (non-hydrogen) atoms. The molecule has 0 aliphatic heterocycles. The molecular weight excluding hydrogens is 437 g/mol. The number of rotatable bonds is 8. The normalized spacial score (nSPS) is 11.2. The highest BCUT2D eigenvalue weighted by atomic mass is 127. The van der Waals surface area contributed by atoms with E-state index in [2.05, 4.69) is 47.7 Å². The van der Waals surface area contributed by atoms with Crippen molar-refractivity contribution in [2.24, 2.45) is 4.99 Å². The summed E-state index contributed by atoms with van der Waals surface area (Å²) in [5, 5.41) is 18.0. The van der Waals surface area contributed by atoms with Gasteiger partial charge in [0.05, 0.1) is 5.01 Å². The summed E-state index contributed by atoms with van der Waals surface area (Å²) in [6, 6.07) is 0. The van der Waals surface area contributed by atoms with E-state index in [1.807, 2.05) is 6.92 Å². The largest absolute Gasteiger partial charge is 0.356 e. The highest BCUT2D eigenvalue weighted by Crippen LogP contribution is 2.10. The summed E-state index contributed by atoms with van der Waals surface area (Å²) in [6.07, 6.45) is 4.71. The van der Waals surface area contributed by atoms with Crippen LogP contribution in [-0.2, 0) is 19.4 Å². The third-order valence-corrected chi connectivity index (χ3v) is 4.43. The zero-order chi connectivity index (χ0) is 16.5. The molecule has 0 unspecified atom stereocenters. The van der Waals surface area contributed by atoms with Crippen molar-refractivity contribution in [2.75, 3.05) is 20.1 Å². The molecular formula is C15H26IN7S. The first-order valence-corrected chi connectivity index (χ1v) is 8.83. The van der Waals surface area contributed by atoms with E-state index in [1.54, 1.807) is 24.7 Å². The second-order valence-electron chi connectivity index (χ2n) is 5.21. The lowest BCUT2D eigenvalue weighted by molar-refractivity contribution is 0.630. The maximum absolute atomic E-state index is 4.47. The Labute approximate surface area is 164 Å². The van der Waals surface area contributed by atoms with Gasteiger partial charge in [-0.1, -0.05) is 6.92 Å². The third-order valence-electron chi connectivity index (χ3n) is 3.41. The number of hydrogen-bond acceptors (Lipinski definition) is 5. The van der Waals surface area contributed by atoms with Crippen LogP contribution < -0.4 is 10.6 Å². The van der Waals surface area contributed by atoms with Gasteiger partial charge in [-0.2, -0.15) is 0 Å². The van der Waals surface area contributed by atoms with Crippen molar-refractivity contribution in [1.82, 2.24) is 30.4 Å². The molecule has 0 aliphatic rings. The van der Waals surface area contributed by atoms with Gasteiger partial charge in [-0.15, -0.1) is 45.5 Å². The van der Waals surface area contributed by atoms with Gasteiger partial charge in [0.2, 0.25) is 0 Å². The van der Waals surface area contributed by atoms with Crippen molar-refractivity contribution in [2.45, 2.75) is 39.7 Å². The molecule has 2 aromatic rings. The summed E-state index contributed by atoms with van der Waals surface area (Å²) >= 11 is 1.73. The predicted molar refractivity (Wildman–Crippen MR) is 109 cm³/mol. The summed E-state index contributed by atoms with van der Waals surface area (Å²) in [4.78, 5) is 8.71. The average molecular weight is 463 g/mol. The molecule has 7 nitrogen and oxygen atoms in total. The Bertz CT molecular complexity index is 623. The van der Waals surface area contributed by atoms with Gasteiger partial charge in [-0.25, -0.2) is 4.98 Å². The number of aromatic nitrogens is 4. The van der Waals surface area contributed by atoms with E-state index in [9.17, 15) is 0 Å². The smallest absolute Gasteiger partial charge is 0.191 e. The molecule has 2 aromatic heterocycles. The Morgan fingerprint density at radius 3 is 2.79 bits per heavy atom. The van der Waals surface area contributed by atoms with E-state index in [1.165, 1.54) is 5.01 Å². The maximum Gasteiger partial charge on any atom is 0.191 e. The molecule has 2 N–H and O–H groups in total. The molecule has 0 atom stereocenters. The summed E-state index contributed by atoms with van der Waals surface area (Å²) < 4.78 is 2.06. The number of guanidine groups is 1. The van der Waals surface area contributed by atoms with Crippen molar-refractivity contribution in [3.05, 3.63) is 28.2 Å². The Balaban J connectivity index is 0.00000288. The molecule has 2 heterocycles. The van der Waals surface area contributed by atoms with Crippen LogP contribution in [0.1, 0.15) is 29.9 Å². The van der Waals surface area contributed by atoms with E-state index >= 15 is 0 Å². The highest BCUT2D eigenvalue weighted by Gasteiger charge is 2.03. The van der Waals surface area contributed by atoms with Gasteiger partial charge in [0.25, 0.3) is 0 Å². The zero-order valence-corrected chi connectivity index (χ0v) is 17.6. The van der Waals surface area contributed by atoms with Crippen molar-refractivity contribution in [3.8, 4) is 0 Å². The van der Waals surface area contributed by atoms with Crippen LogP contribution in [0, 0.1) is 6.92 Å². The standard InChI is InChI=1S/C15H25N7S.HI/c1-4-13-21-19-11-22(13)9-8-18-15(16-3)17-7-5-6-14-20-12(2)10-23-14;/h10-11H,4-9H2,1-3H3,(H2,16,17,18);1H. The highest BCUT2D eigenvalue weighted by molar-refractivity contribution is 14.0. The second kappa shape index (κ2) is 11.3. The van der Waals surface area contributed by atoms with Crippen LogP contribution in [0.25, 0.3) is 0 Å². The average Bonchev–Trinajstić information content (AvgIpc) is 3.18. The minimum absolute atomic E-state index is 0. The van der Waals surface area contributed by atoms with Crippen LogP contribution in [-0.4, -0.2) is 45.8 Å². The zero-order valence-electron chi connectivity index (χ0n) is 14.4. The third kappa shape index (κ3) is 6.71. The van der Waals surface area contributed by atoms with Crippen molar-refractivity contribution < 1.29 is 0 Å². The van der Waals surface area contributed by atoms with E-state index in [-0.39, 0.29) is 24.0 Å². The predicted octanol–water partition coefficient (Wildman–Crippen LogP) is 2.02. The fourth-order valence-corrected chi connectivity index (χ4v) is 3.04. The number of aliphatic imine (C=N–C) groups is 1. The number of hydrogen-bond donors (Lipinski definition) is 2. The minimum Gasteiger partial charge on any atom is -0.356 e. The lowest BCUT2D eigenvalue weighted by Gasteiger charge is -2.12. The Morgan fingerprint density at radius 1 is 1.33 bits per heavy atom. The van der Waals surface area contributed by atoms with Gasteiger partial charge in [-0.05, 0) is 13.3 Å². The van der Waals surface area contributed by atoms with E-state index in [4.69, 9.17) is 0 Å². The molecule has 0 fully saturated rings. The number of aryl methyl sites for hydroxylation is 3. The van der Waals surface area contributed by atoms with Crippen LogP contribution >= 0.6 is 35.3 Å². The maximum atomic E-state index is 4.47. The molecule has 134 valence electrons. The van der Waals surface area contributed by atoms with Crippen molar-refractivity contribution in [1.29, 1.82) is 0 Å².